The van der Waals surface area contributed by atoms with Gasteiger partial charge in [-0.25, -0.2) is 0 Å². The second-order valence-electron chi connectivity index (χ2n) is 5.36. The van der Waals surface area contributed by atoms with Crippen molar-refractivity contribution >= 4 is 11.3 Å². The van der Waals surface area contributed by atoms with Gasteiger partial charge >= 0.3 is 0 Å². The van der Waals surface area contributed by atoms with Crippen LogP contribution in [0.5, 0.6) is 5.75 Å². The van der Waals surface area contributed by atoms with Crippen LogP contribution in [-0.4, -0.2) is 24.4 Å². The molecule has 2 rings (SSSR count). The highest BCUT2D eigenvalue weighted by Gasteiger charge is 2.06. The zero-order valence-corrected chi connectivity index (χ0v) is 13.7. The first-order chi connectivity index (χ1) is 10.0. The molecule has 4 heteroatoms. The minimum atomic E-state index is -0.507. The third-order valence-electron chi connectivity index (χ3n) is 3.33. The molecule has 114 valence electrons. The highest BCUT2D eigenvalue weighted by Crippen LogP contribution is 2.20. The van der Waals surface area contributed by atoms with Crippen LogP contribution in [0.3, 0.4) is 0 Å². The zero-order chi connectivity index (χ0) is 15.2. The lowest BCUT2D eigenvalue weighted by Gasteiger charge is -2.13. The summed E-state index contributed by atoms with van der Waals surface area (Å²) >= 11 is 1.80. The molecule has 21 heavy (non-hydrogen) atoms. The van der Waals surface area contributed by atoms with Gasteiger partial charge < -0.3 is 15.2 Å². The molecule has 1 heterocycles. The van der Waals surface area contributed by atoms with E-state index >= 15 is 0 Å². The molecule has 0 aliphatic carbocycles. The monoisotopic (exact) mass is 305 g/mol. The molecular formula is C17H23NO2S. The van der Waals surface area contributed by atoms with Crippen molar-refractivity contribution in [3.63, 3.8) is 0 Å². The Hall–Kier alpha value is -1.36. The molecule has 2 N–H and O–H groups in total. The predicted octanol–water partition coefficient (Wildman–Crippen LogP) is 3.20. The van der Waals surface area contributed by atoms with Crippen molar-refractivity contribution in [1.29, 1.82) is 0 Å². The first-order valence-electron chi connectivity index (χ1n) is 7.19. The third kappa shape index (κ3) is 5.16. The molecule has 1 atom stereocenters. The van der Waals surface area contributed by atoms with Crippen molar-refractivity contribution in [3.8, 4) is 5.75 Å². The van der Waals surface area contributed by atoms with Gasteiger partial charge in [0, 0.05) is 22.8 Å². The fourth-order valence-electron chi connectivity index (χ4n) is 2.06. The van der Waals surface area contributed by atoms with Gasteiger partial charge in [0.25, 0.3) is 0 Å². The maximum atomic E-state index is 9.93. The smallest absolute Gasteiger partial charge is 0.119 e. The Morgan fingerprint density at radius 3 is 2.71 bits per heavy atom. The summed E-state index contributed by atoms with van der Waals surface area (Å²) in [4.78, 5) is 2.66. The Morgan fingerprint density at radius 2 is 2.05 bits per heavy atom. The van der Waals surface area contributed by atoms with Gasteiger partial charge in [-0.1, -0.05) is 12.1 Å². The first kappa shape index (κ1) is 16.0. The lowest BCUT2D eigenvalue weighted by Crippen LogP contribution is -2.31. The maximum Gasteiger partial charge on any atom is 0.119 e. The molecule has 1 unspecified atom stereocenters. The van der Waals surface area contributed by atoms with E-state index in [1.165, 1.54) is 15.3 Å². The van der Waals surface area contributed by atoms with E-state index in [1.807, 2.05) is 31.2 Å². The van der Waals surface area contributed by atoms with Gasteiger partial charge in [-0.15, -0.1) is 11.3 Å². The van der Waals surface area contributed by atoms with Crippen LogP contribution < -0.4 is 10.1 Å². The molecule has 0 bridgehead atoms. The van der Waals surface area contributed by atoms with E-state index in [4.69, 9.17) is 4.74 Å². The minimum absolute atomic E-state index is 0.305. The summed E-state index contributed by atoms with van der Waals surface area (Å²) in [5, 5.41) is 13.2. The highest BCUT2D eigenvalue weighted by molar-refractivity contribution is 7.12. The van der Waals surface area contributed by atoms with E-state index < -0.39 is 6.10 Å². The van der Waals surface area contributed by atoms with Crippen LogP contribution >= 0.6 is 11.3 Å². The Bertz CT molecular complexity index is 560. The molecule has 0 fully saturated rings. The molecule has 0 aliphatic heterocycles. The topological polar surface area (TPSA) is 41.5 Å². The lowest BCUT2D eigenvalue weighted by molar-refractivity contribution is 0.106. The fourth-order valence-corrected chi connectivity index (χ4v) is 3.08. The van der Waals surface area contributed by atoms with Gasteiger partial charge in [0.05, 0.1) is 0 Å². The molecule has 2 aromatic rings. The van der Waals surface area contributed by atoms with Crippen LogP contribution in [0.1, 0.15) is 20.9 Å². The number of aliphatic hydroxyl groups excluding tert-OH is 1. The third-order valence-corrected chi connectivity index (χ3v) is 4.48. The van der Waals surface area contributed by atoms with Gasteiger partial charge in [0.15, 0.2) is 0 Å². The van der Waals surface area contributed by atoms with Crippen LogP contribution in [0, 0.1) is 20.8 Å². The van der Waals surface area contributed by atoms with Crippen LogP contribution in [0.4, 0.5) is 0 Å². The highest BCUT2D eigenvalue weighted by atomic mass is 32.1. The number of nitrogens with one attached hydrogen (secondary N) is 1. The fraction of sp³-hybridized carbons (Fsp3) is 0.412. The van der Waals surface area contributed by atoms with Gasteiger partial charge in [0.1, 0.15) is 18.5 Å². The molecule has 0 radical (unpaired) electrons. The maximum absolute atomic E-state index is 9.93. The number of aliphatic hydroxyl groups is 1. The average molecular weight is 305 g/mol. The van der Waals surface area contributed by atoms with Crippen molar-refractivity contribution in [2.45, 2.75) is 33.4 Å². The van der Waals surface area contributed by atoms with E-state index in [2.05, 4.69) is 25.2 Å². The number of thiophene rings is 1. The Kier molecular flexibility index (Phi) is 5.79. The number of ether oxygens (including phenoxy) is 1. The number of benzene rings is 1. The molecule has 0 saturated carbocycles. The van der Waals surface area contributed by atoms with Crippen molar-refractivity contribution in [2.75, 3.05) is 13.2 Å². The first-order valence-corrected chi connectivity index (χ1v) is 8.00. The van der Waals surface area contributed by atoms with Gasteiger partial charge in [-0.3, -0.25) is 0 Å². The minimum Gasteiger partial charge on any atom is -0.491 e. The Morgan fingerprint density at radius 1 is 1.24 bits per heavy atom. The predicted molar refractivity (Wildman–Crippen MR) is 88.2 cm³/mol. The molecule has 0 spiro atoms. The average Bonchev–Trinajstić information content (AvgIpc) is 2.75. The van der Waals surface area contributed by atoms with Gasteiger partial charge in [0.2, 0.25) is 0 Å². The molecule has 1 aromatic heterocycles. The van der Waals surface area contributed by atoms with Crippen molar-refractivity contribution in [3.05, 3.63) is 51.2 Å². The molecule has 0 saturated heterocycles. The lowest BCUT2D eigenvalue weighted by atomic mass is 10.2. The van der Waals surface area contributed by atoms with Crippen molar-refractivity contribution in [1.82, 2.24) is 5.32 Å². The molecule has 1 aromatic carbocycles. The molecular weight excluding hydrogens is 282 g/mol. The van der Waals surface area contributed by atoms with Crippen molar-refractivity contribution in [2.24, 2.45) is 0 Å². The van der Waals surface area contributed by atoms with Crippen molar-refractivity contribution < 1.29 is 9.84 Å². The van der Waals surface area contributed by atoms with Crippen LogP contribution in [0.2, 0.25) is 0 Å². The summed E-state index contributed by atoms with van der Waals surface area (Å²) in [7, 11) is 0. The molecule has 0 aliphatic rings. The van der Waals surface area contributed by atoms with E-state index in [-0.39, 0.29) is 0 Å². The Balaban J connectivity index is 1.69. The molecule has 0 amide bonds. The molecule has 3 nitrogen and oxygen atoms in total. The zero-order valence-electron chi connectivity index (χ0n) is 12.8. The van der Waals surface area contributed by atoms with Gasteiger partial charge in [-0.05, 0) is 50.1 Å². The second-order valence-corrected chi connectivity index (χ2v) is 6.71. The number of rotatable bonds is 7. The summed E-state index contributed by atoms with van der Waals surface area (Å²) in [5.74, 6) is 0.804. The number of hydrogen-bond donors (Lipinski definition) is 2. The van der Waals surface area contributed by atoms with Crippen LogP contribution in [0.25, 0.3) is 0 Å². The van der Waals surface area contributed by atoms with Gasteiger partial charge in [-0.2, -0.15) is 0 Å². The number of hydrogen-bond acceptors (Lipinski definition) is 4. The standard InChI is InChI=1S/C17H23NO2S/c1-12-5-4-6-16(7-12)20-11-15(19)9-18-10-17-8-13(2)14(3)21-17/h4-8,15,18-19H,9-11H2,1-3H3. The quantitative estimate of drug-likeness (QED) is 0.825. The summed E-state index contributed by atoms with van der Waals surface area (Å²) in [5.41, 5.74) is 2.49. The Labute approximate surface area is 130 Å². The largest absolute Gasteiger partial charge is 0.491 e. The van der Waals surface area contributed by atoms with E-state index in [0.29, 0.717) is 13.2 Å². The SMILES string of the molecule is Cc1cccc(OCC(O)CNCc2cc(C)c(C)s2)c1. The van der Waals surface area contributed by atoms with Crippen LogP contribution in [0.15, 0.2) is 30.3 Å². The summed E-state index contributed by atoms with van der Waals surface area (Å²) < 4.78 is 5.59. The van der Waals surface area contributed by atoms with E-state index in [0.717, 1.165) is 17.9 Å². The number of aryl methyl sites for hydroxylation is 3. The normalized spacial score (nSPS) is 12.4. The van der Waals surface area contributed by atoms with E-state index in [1.54, 1.807) is 11.3 Å². The summed E-state index contributed by atoms with van der Waals surface area (Å²) in [6, 6.07) is 10.1. The van der Waals surface area contributed by atoms with E-state index in [9.17, 15) is 5.11 Å². The van der Waals surface area contributed by atoms with Crippen LogP contribution in [-0.2, 0) is 6.54 Å². The summed E-state index contributed by atoms with van der Waals surface area (Å²) in [6.45, 7) is 7.91. The second kappa shape index (κ2) is 7.59. The summed E-state index contributed by atoms with van der Waals surface area (Å²) in [6.07, 6.45) is -0.507.